The van der Waals surface area contributed by atoms with Gasteiger partial charge in [0.2, 0.25) is 5.95 Å². The maximum atomic E-state index is 16.5. The van der Waals surface area contributed by atoms with Crippen molar-refractivity contribution in [3.63, 3.8) is 0 Å². The zero-order valence-corrected chi connectivity index (χ0v) is 21.1. The second-order valence-electron chi connectivity index (χ2n) is 11.0. The summed E-state index contributed by atoms with van der Waals surface area (Å²) in [5.41, 5.74) is 1.44. The number of hydrogen-bond donors (Lipinski definition) is 2. The van der Waals surface area contributed by atoms with Crippen LogP contribution in [-0.4, -0.2) is 65.3 Å². The lowest BCUT2D eigenvalue weighted by atomic mass is 9.80. The highest BCUT2D eigenvalue weighted by atomic mass is 35.5. The van der Waals surface area contributed by atoms with Gasteiger partial charge < -0.3 is 20.4 Å². The third kappa shape index (κ3) is 3.35. The van der Waals surface area contributed by atoms with Gasteiger partial charge in [0.05, 0.1) is 10.9 Å². The molecule has 7 nitrogen and oxygen atoms in total. The lowest BCUT2D eigenvalue weighted by Gasteiger charge is -2.56. The molecule has 2 unspecified atom stereocenters. The third-order valence-corrected chi connectivity index (χ3v) is 8.97. The summed E-state index contributed by atoms with van der Waals surface area (Å²) in [6.45, 7) is 4.47. The molecule has 4 fully saturated rings. The fourth-order valence-corrected chi connectivity index (χ4v) is 6.92. The minimum Gasteiger partial charge on any atom is -0.353 e. The highest BCUT2D eigenvalue weighted by Crippen LogP contribution is 2.39. The van der Waals surface area contributed by atoms with Gasteiger partial charge in [0.25, 0.3) is 0 Å². The average Bonchev–Trinajstić information content (AvgIpc) is 3.19. The Kier molecular flexibility index (Phi) is 4.73. The van der Waals surface area contributed by atoms with Gasteiger partial charge in [0, 0.05) is 60.4 Å². The molecule has 9 heteroatoms. The number of piperazine rings is 1. The third-order valence-electron chi connectivity index (χ3n) is 8.65. The van der Waals surface area contributed by atoms with E-state index in [1.54, 1.807) is 6.20 Å². The molecule has 0 radical (unpaired) electrons. The number of rotatable bonds is 3. The van der Waals surface area contributed by atoms with Gasteiger partial charge in [0.1, 0.15) is 17.0 Å². The molecule has 0 amide bonds. The van der Waals surface area contributed by atoms with E-state index in [2.05, 4.69) is 25.4 Å². The number of aromatic nitrogens is 3. The molecule has 4 aliphatic heterocycles. The SMILES string of the molecule is Fc1c(-c2cccc3cccc(Cl)c23)ncc2c(N3CC4CCC(C3)N4)nc(N3CC4(CCN4)C3)nc12. The summed E-state index contributed by atoms with van der Waals surface area (Å²) in [7, 11) is 0. The summed E-state index contributed by atoms with van der Waals surface area (Å²) in [6, 6.07) is 12.4. The molecule has 2 aromatic carbocycles. The molecule has 2 N–H and O–H groups in total. The van der Waals surface area contributed by atoms with Crippen molar-refractivity contribution in [3.8, 4) is 11.3 Å². The van der Waals surface area contributed by atoms with Crippen molar-refractivity contribution in [2.45, 2.75) is 36.9 Å². The summed E-state index contributed by atoms with van der Waals surface area (Å²) in [4.78, 5) is 19.0. The maximum Gasteiger partial charge on any atom is 0.228 e. The first kappa shape index (κ1) is 22.0. The van der Waals surface area contributed by atoms with Crippen LogP contribution in [0.2, 0.25) is 5.02 Å². The number of nitrogens with one attached hydrogen (secondary N) is 2. The second kappa shape index (κ2) is 7.96. The molecule has 188 valence electrons. The zero-order valence-electron chi connectivity index (χ0n) is 20.3. The van der Waals surface area contributed by atoms with E-state index in [0.29, 0.717) is 39.5 Å². The second-order valence-corrected chi connectivity index (χ2v) is 11.4. The van der Waals surface area contributed by atoms with Gasteiger partial charge in [0.15, 0.2) is 5.82 Å². The predicted molar refractivity (Wildman–Crippen MR) is 145 cm³/mol. The van der Waals surface area contributed by atoms with E-state index >= 15 is 4.39 Å². The predicted octanol–water partition coefficient (Wildman–Crippen LogP) is 4.13. The lowest BCUT2D eigenvalue weighted by Crippen LogP contribution is -2.76. The summed E-state index contributed by atoms with van der Waals surface area (Å²) >= 11 is 6.58. The summed E-state index contributed by atoms with van der Waals surface area (Å²) in [6.07, 6.45) is 5.23. The van der Waals surface area contributed by atoms with Crippen LogP contribution < -0.4 is 20.4 Å². The van der Waals surface area contributed by atoms with Crippen molar-refractivity contribution in [3.05, 3.63) is 53.4 Å². The van der Waals surface area contributed by atoms with Crippen LogP contribution in [0.3, 0.4) is 0 Å². The highest BCUT2D eigenvalue weighted by Gasteiger charge is 2.48. The molecule has 2 atom stereocenters. The van der Waals surface area contributed by atoms with E-state index in [-0.39, 0.29) is 11.2 Å². The lowest BCUT2D eigenvalue weighted by molar-refractivity contribution is 0.158. The maximum absolute atomic E-state index is 16.5. The van der Waals surface area contributed by atoms with Gasteiger partial charge in [-0.2, -0.15) is 4.98 Å². The van der Waals surface area contributed by atoms with Gasteiger partial charge >= 0.3 is 0 Å². The Labute approximate surface area is 219 Å². The van der Waals surface area contributed by atoms with E-state index < -0.39 is 5.82 Å². The van der Waals surface area contributed by atoms with E-state index in [0.717, 1.165) is 68.6 Å². The average molecular weight is 516 g/mol. The van der Waals surface area contributed by atoms with Gasteiger partial charge in [-0.25, -0.2) is 9.37 Å². The number of hydrogen-bond acceptors (Lipinski definition) is 7. The van der Waals surface area contributed by atoms with Crippen LogP contribution in [0.15, 0.2) is 42.6 Å². The summed E-state index contributed by atoms with van der Waals surface area (Å²) < 4.78 is 16.5. The van der Waals surface area contributed by atoms with Crippen LogP contribution >= 0.6 is 11.6 Å². The van der Waals surface area contributed by atoms with Crippen molar-refractivity contribution < 1.29 is 4.39 Å². The van der Waals surface area contributed by atoms with Crippen LogP contribution in [0.5, 0.6) is 0 Å². The topological polar surface area (TPSA) is 69.2 Å². The van der Waals surface area contributed by atoms with E-state index in [1.807, 2.05) is 36.4 Å². The number of pyridine rings is 1. The molecule has 4 aromatic rings. The van der Waals surface area contributed by atoms with Crippen molar-refractivity contribution in [2.75, 3.05) is 42.5 Å². The van der Waals surface area contributed by atoms with Crippen LogP contribution in [0.4, 0.5) is 16.2 Å². The molecule has 37 heavy (non-hydrogen) atoms. The number of nitrogens with zero attached hydrogens (tertiary/aromatic N) is 5. The number of fused-ring (bicyclic) bond motifs is 4. The zero-order chi connectivity index (χ0) is 24.7. The molecule has 1 spiro atoms. The Hall–Kier alpha value is -3.07. The van der Waals surface area contributed by atoms with Crippen LogP contribution in [0.1, 0.15) is 19.3 Å². The molecule has 8 rings (SSSR count). The fraction of sp³-hybridized carbons (Fsp3) is 0.393. The van der Waals surface area contributed by atoms with Crippen LogP contribution in [0.25, 0.3) is 32.9 Å². The molecule has 4 saturated heterocycles. The Morgan fingerprint density at radius 2 is 1.76 bits per heavy atom. The molecule has 0 aliphatic carbocycles. The highest BCUT2D eigenvalue weighted by molar-refractivity contribution is 6.36. The van der Waals surface area contributed by atoms with E-state index in [4.69, 9.17) is 21.6 Å². The molecule has 2 bridgehead atoms. The molecule has 2 aromatic heterocycles. The van der Waals surface area contributed by atoms with E-state index in [9.17, 15) is 0 Å². The Morgan fingerprint density at radius 1 is 1.00 bits per heavy atom. The Bertz CT molecular complexity index is 1550. The van der Waals surface area contributed by atoms with Crippen molar-refractivity contribution in [1.82, 2.24) is 25.6 Å². The molecule has 0 saturated carbocycles. The van der Waals surface area contributed by atoms with Crippen molar-refractivity contribution in [2.24, 2.45) is 0 Å². The first-order valence-electron chi connectivity index (χ1n) is 13.1. The monoisotopic (exact) mass is 515 g/mol. The summed E-state index contributed by atoms with van der Waals surface area (Å²) in [5, 5.41) is 10.2. The van der Waals surface area contributed by atoms with E-state index in [1.165, 1.54) is 0 Å². The van der Waals surface area contributed by atoms with Gasteiger partial charge in [-0.05, 0) is 37.3 Å². The number of anilines is 2. The molecule has 6 heterocycles. The minimum atomic E-state index is -0.426. The van der Waals surface area contributed by atoms with Crippen molar-refractivity contribution >= 4 is 45.0 Å². The van der Waals surface area contributed by atoms with Gasteiger partial charge in [-0.3, -0.25) is 4.98 Å². The molecule has 4 aliphatic rings. The smallest absolute Gasteiger partial charge is 0.228 e. The normalized spacial score (nSPS) is 24.1. The van der Waals surface area contributed by atoms with Crippen molar-refractivity contribution in [1.29, 1.82) is 0 Å². The largest absolute Gasteiger partial charge is 0.353 e. The minimum absolute atomic E-state index is 0.175. The van der Waals surface area contributed by atoms with Crippen LogP contribution in [0, 0.1) is 5.82 Å². The van der Waals surface area contributed by atoms with Crippen LogP contribution in [-0.2, 0) is 0 Å². The first-order chi connectivity index (χ1) is 18.1. The quantitative estimate of drug-likeness (QED) is 0.425. The standard InChI is InChI=1S/C28H27ClFN7/c29-21-6-2-4-16-3-1-5-19(22(16)21)24-23(30)25-20(11-31-24)26(36-12-17-7-8-18(13-36)33-17)35-27(34-25)37-14-28(15-37)9-10-32-28/h1-6,11,17-18,32-33H,7-10,12-15H2. The van der Waals surface area contributed by atoms with Gasteiger partial charge in [-0.1, -0.05) is 41.9 Å². The molecular weight excluding hydrogens is 489 g/mol. The fourth-order valence-electron chi connectivity index (χ4n) is 6.64. The first-order valence-corrected chi connectivity index (χ1v) is 13.5. The Morgan fingerprint density at radius 3 is 2.49 bits per heavy atom. The summed E-state index contributed by atoms with van der Waals surface area (Å²) in [5.74, 6) is 0.958. The van der Waals surface area contributed by atoms with Gasteiger partial charge in [-0.15, -0.1) is 0 Å². The number of halogens is 2. The number of benzene rings is 2. The molecular formula is C28H27ClFN7. The Balaban J connectivity index is 1.30.